The van der Waals surface area contributed by atoms with E-state index in [2.05, 4.69) is 10.2 Å². The lowest BCUT2D eigenvalue weighted by Crippen LogP contribution is -2.22. The molecule has 1 heterocycles. The number of furan rings is 1. The maximum atomic E-state index is 13.7. The van der Waals surface area contributed by atoms with Crippen molar-refractivity contribution in [2.75, 3.05) is 12.4 Å². The highest BCUT2D eigenvalue weighted by atomic mass is 19.1. The van der Waals surface area contributed by atoms with Crippen LogP contribution in [0.2, 0.25) is 0 Å². The molecule has 0 aliphatic heterocycles. The molecule has 1 amide bonds. The maximum Gasteiger partial charge on any atom is 0.291 e. The number of rotatable bonds is 9. The first-order valence-corrected chi connectivity index (χ1v) is 10.7. The first kappa shape index (κ1) is 23.2. The highest BCUT2D eigenvalue weighted by Crippen LogP contribution is 2.19. The molecule has 4 aromatic rings. The van der Waals surface area contributed by atoms with Crippen LogP contribution in [0.3, 0.4) is 0 Å². The number of nitrogens with zero attached hydrogens (tertiary/aromatic N) is 1. The fraction of sp³-hybridized carbons (Fsp3) is 0.148. The number of carbonyl (C=O) groups excluding carboxylic acids is 1. The van der Waals surface area contributed by atoms with Crippen molar-refractivity contribution in [3.8, 4) is 5.75 Å². The lowest BCUT2D eigenvalue weighted by Gasteiger charge is -2.22. The number of anilines is 1. The molecule has 1 aromatic heterocycles. The van der Waals surface area contributed by atoms with Crippen LogP contribution in [-0.4, -0.2) is 17.9 Å². The molecule has 0 bridgehead atoms. The molecular formula is C27H24F2N2O3. The van der Waals surface area contributed by atoms with Crippen LogP contribution in [0, 0.1) is 11.6 Å². The van der Waals surface area contributed by atoms with Gasteiger partial charge >= 0.3 is 0 Å². The van der Waals surface area contributed by atoms with E-state index in [-0.39, 0.29) is 17.4 Å². The fourth-order valence-electron chi connectivity index (χ4n) is 3.58. The summed E-state index contributed by atoms with van der Waals surface area (Å²) in [6.45, 7) is 1.48. The second-order valence-electron chi connectivity index (χ2n) is 7.85. The van der Waals surface area contributed by atoms with Crippen molar-refractivity contribution in [3.63, 3.8) is 0 Å². The Kier molecular flexibility index (Phi) is 7.34. The topological polar surface area (TPSA) is 54.7 Å². The highest BCUT2D eigenvalue weighted by Gasteiger charge is 2.15. The van der Waals surface area contributed by atoms with Crippen LogP contribution in [0.1, 0.15) is 27.4 Å². The summed E-state index contributed by atoms with van der Waals surface area (Å²) in [5.74, 6) is 0.407. The van der Waals surface area contributed by atoms with E-state index in [9.17, 15) is 13.6 Å². The summed E-state index contributed by atoms with van der Waals surface area (Å²) in [6.07, 6.45) is 0. The number of hydrogen-bond donors (Lipinski definition) is 1. The second kappa shape index (κ2) is 10.8. The minimum atomic E-state index is -0.426. The number of carbonyl (C=O) groups is 1. The molecule has 0 unspecified atom stereocenters. The number of benzene rings is 3. The third kappa shape index (κ3) is 6.30. The monoisotopic (exact) mass is 462 g/mol. The van der Waals surface area contributed by atoms with Gasteiger partial charge in [-0.05, 0) is 71.8 Å². The van der Waals surface area contributed by atoms with Crippen LogP contribution in [0.15, 0.2) is 89.3 Å². The standard InChI is InChI=1S/C27H24F2N2O3/c1-33-24-11-5-19(6-12-24)16-31(17-20-3-2-4-22(29)15-20)18-25-13-14-26(34-25)27(32)30-23-9-7-21(28)8-10-23/h2-15H,16-18H2,1H3,(H,30,32). The van der Waals surface area contributed by atoms with Crippen molar-refractivity contribution in [1.29, 1.82) is 0 Å². The van der Waals surface area contributed by atoms with E-state index in [4.69, 9.17) is 9.15 Å². The zero-order chi connectivity index (χ0) is 23.9. The van der Waals surface area contributed by atoms with E-state index in [0.717, 1.165) is 16.9 Å². The van der Waals surface area contributed by atoms with E-state index in [1.807, 2.05) is 30.3 Å². The Morgan fingerprint density at radius 2 is 1.59 bits per heavy atom. The van der Waals surface area contributed by atoms with Crippen LogP contribution in [0.5, 0.6) is 5.75 Å². The number of amides is 1. The molecule has 0 fully saturated rings. The van der Waals surface area contributed by atoms with Gasteiger partial charge in [-0.1, -0.05) is 24.3 Å². The number of nitrogens with one attached hydrogen (secondary N) is 1. The van der Waals surface area contributed by atoms with Crippen LogP contribution in [0.4, 0.5) is 14.5 Å². The molecule has 1 N–H and O–H groups in total. The third-order valence-corrected chi connectivity index (χ3v) is 5.23. The normalized spacial score (nSPS) is 10.9. The van der Waals surface area contributed by atoms with Crippen molar-refractivity contribution < 1.29 is 22.7 Å². The molecule has 7 heteroatoms. The molecule has 174 valence electrons. The number of hydrogen-bond acceptors (Lipinski definition) is 4. The average molecular weight is 462 g/mol. The maximum absolute atomic E-state index is 13.7. The Balaban J connectivity index is 1.48. The SMILES string of the molecule is COc1ccc(CN(Cc2cccc(F)c2)Cc2ccc(C(=O)Nc3ccc(F)cc3)o2)cc1. The number of methoxy groups -OCH3 is 1. The predicted molar refractivity (Wildman–Crippen MR) is 125 cm³/mol. The molecule has 0 aliphatic rings. The molecule has 0 spiro atoms. The molecule has 0 saturated heterocycles. The Hall–Kier alpha value is -3.97. The molecule has 0 saturated carbocycles. The van der Waals surface area contributed by atoms with E-state index < -0.39 is 5.91 Å². The van der Waals surface area contributed by atoms with Crippen molar-refractivity contribution in [3.05, 3.63) is 119 Å². The first-order valence-electron chi connectivity index (χ1n) is 10.7. The Morgan fingerprint density at radius 1 is 0.853 bits per heavy atom. The quantitative estimate of drug-likeness (QED) is 0.330. The fourth-order valence-corrected chi connectivity index (χ4v) is 3.58. The first-order chi connectivity index (χ1) is 16.5. The molecule has 5 nitrogen and oxygen atoms in total. The summed E-state index contributed by atoms with van der Waals surface area (Å²) in [6, 6.07) is 23.0. The summed E-state index contributed by atoms with van der Waals surface area (Å²) in [5.41, 5.74) is 2.35. The van der Waals surface area contributed by atoms with Gasteiger partial charge in [0.25, 0.3) is 5.91 Å². The van der Waals surface area contributed by atoms with Crippen molar-refractivity contribution in [1.82, 2.24) is 4.90 Å². The van der Waals surface area contributed by atoms with E-state index in [0.29, 0.717) is 31.1 Å². The zero-order valence-electron chi connectivity index (χ0n) is 18.6. The Labute approximate surface area is 196 Å². The largest absolute Gasteiger partial charge is 0.497 e. The third-order valence-electron chi connectivity index (χ3n) is 5.23. The molecule has 0 radical (unpaired) electrons. The lowest BCUT2D eigenvalue weighted by atomic mass is 10.1. The van der Waals surface area contributed by atoms with Crippen molar-refractivity contribution in [2.45, 2.75) is 19.6 Å². The smallest absolute Gasteiger partial charge is 0.291 e. The minimum Gasteiger partial charge on any atom is -0.497 e. The second-order valence-corrected chi connectivity index (χ2v) is 7.85. The van der Waals surface area contributed by atoms with Gasteiger partial charge in [0.15, 0.2) is 5.76 Å². The summed E-state index contributed by atoms with van der Waals surface area (Å²) in [4.78, 5) is 14.6. The molecular weight excluding hydrogens is 438 g/mol. The molecule has 4 rings (SSSR count). The van der Waals surface area contributed by atoms with Crippen LogP contribution >= 0.6 is 0 Å². The number of halogens is 2. The van der Waals surface area contributed by atoms with Gasteiger partial charge in [-0.15, -0.1) is 0 Å². The van der Waals surface area contributed by atoms with Gasteiger partial charge in [0, 0.05) is 18.8 Å². The van der Waals surface area contributed by atoms with Gasteiger partial charge in [-0.3, -0.25) is 9.69 Å². The van der Waals surface area contributed by atoms with Gasteiger partial charge < -0.3 is 14.5 Å². The zero-order valence-corrected chi connectivity index (χ0v) is 18.6. The predicted octanol–water partition coefficient (Wildman–Crippen LogP) is 6.02. The molecule has 34 heavy (non-hydrogen) atoms. The van der Waals surface area contributed by atoms with Crippen LogP contribution < -0.4 is 10.1 Å². The van der Waals surface area contributed by atoms with E-state index in [1.54, 1.807) is 25.3 Å². The lowest BCUT2D eigenvalue weighted by molar-refractivity contribution is 0.0992. The molecule has 0 atom stereocenters. The van der Waals surface area contributed by atoms with E-state index >= 15 is 0 Å². The van der Waals surface area contributed by atoms with Gasteiger partial charge in [0.05, 0.1) is 13.7 Å². The summed E-state index contributed by atoms with van der Waals surface area (Å²) in [5, 5.41) is 2.68. The minimum absolute atomic E-state index is 0.148. The van der Waals surface area contributed by atoms with Crippen molar-refractivity contribution >= 4 is 11.6 Å². The number of ether oxygens (including phenoxy) is 1. The highest BCUT2D eigenvalue weighted by molar-refractivity contribution is 6.02. The summed E-state index contributed by atoms with van der Waals surface area (Å²) >= 11 is 0. The van der Waals surface area contributed by atoms with Crippen LogP contribution in [-0.2, 0) is 19.6 Å². The van der Waals surface area contributed by atoms with Crippen LogP contribution in [0.25, 0.3) is 0 Å². The Bertz CT molecular complexity index is 1240. The van der Waals surface area contributed by atoms with Gasteiger partial charge in [-0.25, -0.2) is 8.78 Å². The molecule has 0 aliphatic carbocycles. The van der Waals surface area contributed by atoms with E-state index in [1.165, 1.54) is 36.4 Å². The van der Waals surface area contributed by atoms with Gasteiger partial charge in [0.1, 0.15) is 23.1 Å². The summed E-state index contributed by atoms with van der Waals surface area (Å²) in [7, 11) is 1.62. The van der Waals surface area contributed by atoms with Gasteiger partial charge in [-0.2, -0.15) is 0 Å². The average Bonchev–Trinajstić information content (AvgIpc) is 3.30. The van der Waals surface area contributed by atoms with Gasteiger partial charge in [0.2, 0.25) is 0 Å². The van der Waals surface area contributed by atoms with Crippen molar-refractivity contribution in [2.24, 2.45) is 0 Å². The summed E-state index contributed by atoms with van der Waals surface area (Å²) < 4.78 is 37.8. The Morgan fingerprint density at radius 3 is 2.29 bits per heavy atom. The molecule has 3 aromatic carbocycles.